The molecule has 1 radical (unpaired) electrons. The Labute approximate surface area is 93.8 Å². The zero-order chi connectivity index (χ0) is 6.53. The zero-order valence-corrected chi connectivity index (χ0v) is 8.45. The minimum Gasteiger partial charge on any atom is -0.137 e. The van der Waals surface area contributed by atoms with Crippen LogP contribution in [0.15, 0.2) is 30.3 Å². The van der Waals surface area contributed by atoms with Gasteiger partial charge in [0.25, 0.3) is 0 Å². The van der Waals surface area contributed by atoms with E-state index in [-0.39, 0.29) is 36.9 Å². The van der Waals surface area contributed by atoms with E-state index in [9.17, 15) is 0 Å². The minimum atomic E-state index is 0. The summed E-state index contributed by atoms with van der Waals surface area (Å²) in [6, 6.07) is 10.5. The van der Waals surface area contributed by atoms with E-state index < -0.39 is 0 Å². The number of benzene rings is 1. The Morgan fingerprint density at radius 1 is 1.10 bits per heavy atom. The second-order valence-electron chi connectivity index (χ2n) is 2.02. The van der Waals surface area contributed by atoms with Crippen LogP contribution in [0.1, 0.15) is 5.56 Å². The van der Waals surface area contributed by atoms with Crippen molar-refractivity contribution in [2.45, 2.75) is 6.42 Å². The maximum absolute atomic E-state index is 2.73. The minimum absolute atomic E-state index is 0. The van der Waals surface area contributed by atoms with Gasteiger partial charge in [-0.3, -0.25) is 0 Å². The molecule has 1 aromatic rings. The van der Waals surface area contributed by atoms with Gasteiger partial charge < -0.3 is 0 Å². The average Bonchev–Trinajstić information content (AvgIpc) is 1.91. The molecular formula is C8H11LuP. The van der Waals surface area contributed by atoms with Crippen molar-refractivity contribution in [2.24, 2.45) is 0 Å². The monoisotopic (exact) mass is 313 g/mol. The molecule has 1 unspecified atom stereocenters. The third-order valence-electron chi connectivity index (χ3n) is 1.28. The van der Waals surface area contributed by atoms with Crippen LogP contribution in [-0.4, -0.2) is 6.16 Å². The van der Waals surface area contributed by atoms with Gasteiger partial charge in [0.15, 0.2) is 0 Å². The Bertz CT molecular complexity index is 162. The molecule has 10 heavy (non-hydrogen) atoms. The summed E-state index contributed by atoms with van der Waals surface area (Å²) >= 11 is 0. The van der Waals surface area contributed by atoms with E-state index in [1.165, 1.54) is 12.0 Å². The van der Waals surface area contributed by atoms with E-state index in [1.54, 1.807) is 0 Å². The number of hydrogen-bond donors (Lipinski definition) is 0. The van der Waals surface area contributed by atoms with Gasteiger partial charge in [0.2, 0.25) is 0 Å². The van der Waals surface area contributed by atoms with Crippen LogP contribution in [0.3, 0.4) is 0 Å². The van der Waals surface area contributed by atoms with Crippen molar-refractivity contribution in [3.63, 3.8) is 0 Å². The summed E-state index contributed by atoms with van der Waals surface area (Å²) in [5.41, 5.74) is 1.42. The van der Waals surface area contributed by atoms with Gasteiger partial charge in [-0.25, -0.2) is 0 Å². The largest absolute Gasteiger partial charge is 0.137 e. The van der Waals surface area contributed by atoms with Gasteiger partial charge in [-0.2, -0.15) is 0 Å². The van der Waals surface area contributed by atoms with Crippen LogP contribution < -0.4 is 0 Å². The molecule has 0 bridgehead atoms. The maximum Gasteiger partial charge on any atom is 0 e. The van der Waals surface area contributed by atoms with E-state index in [2.05, 4.69) is 33.5 Å². The molecule has 1 aromatic carbocycles. The van der Waals surface area contributed by atoms with Crippen LogP contribution in [0.25, 0.3) is 0 Å². The predicted octanol–water partition coefficient (Wildman–Crippen LogP) is 2.10. The molecule has 0 amide bonds. The smallest absolute Gasteiger partial charge is 0 e. The molecule has 0 saturated heterocycles. The fraction of sp³-hybridized carbons (Fsp3) is 0.250. The SMILES string of the molecule is PCCc1ccccc1.[Lu]. The molecule has 0 aliphatic heterocycles. The van der Waals surface area contributed by atoms with Crippen LogP contribution in [0.2, 0.25) is 0 Å². The molecule has 1 atom stereocenters. The molecule has 0 saturated carbocycles. The molecular weight excluding hydrogens is 302 g/mol. The van der Waals surface area contributed by atoms with Crippen molar-refractivity contribution >= 4 is 9.24 Å². The Kier molecular flexibility index (Phi) is 7.17. The summed E-state index contributed by atoms with van der Waals surface area (Å²) in [6.45, 7) is 0. The Morgan fingerprint density at radius 2 is 1.70 bits per heavy atom. The molecule has 0 aromatic heterocycles. The maximum atomic E-state index is 2.73. The topological polar surface area (TPSA) is 0 Å². The first-order valence-electron chi connectivity index (χ1n) is 3.17. The fourth-order valence-corrected chi connectivity index (χ4v) is 1.14. The molecule has 63 valence electrons. The molecule has 1 rings (SSSR count). The number of hydrogen-bond acceptors (Lipinski definition) is 0. The van der Waals surface area contributed by atoms with Crippen LogP contribution in [0.5, 0.6) is 0 Å². The number of rotatable bonds is 2. The van der Waals surface area contributed by atoms with Gasteiger partial charge in [-0.1, -0.05) is 30.3 Å². The van der Waals surface area contributed by atoms with Crippen LogP contribution >= 0.6 is 9.24 Å². The third-order valence-corrected chi connectivity index (χ3v) is 1.56. The summed E-state index contributed by atoms with van der Waals surface area (Å²) in [6.07, 6.45) is 2.33. The van der Waals surface area contributed by atoms with Crippen molar-refractivity contribution in [2.75, 3.05) is 6.16 Å². The van der Waals surface area contributed by atoms with E-state index in [0.717, 1.165) is 6.16 Å². The van der Waals surface area contributed by atoms with E-state index in [4.69, 9.17) is 0 Å². The van der Waals surface area contributed by atoms with Crippen LogP contribution in [0, 0.1) is 36.9 Å². The first-order valence-corrected chi connectivity index (χ1v) is 3.99. The van der Waals surface area contributed by atoms with E-state index >= 15 is 0 Å². The van der Waals surface area contributed by atoms with Crippen molar-refractivity contribution in [1.29, 1.82) is 0 Å². The van der Waals surface area contributed by atoms with Gasteiger partial charge in [0.05, 0.1) is 0 Å². The molecule has 0 heterocycles. The average molecular weight is 313 g/mol. The predicted molar refractivity (Wildman–Crippen MR) is 44.7 cm³/mol. The van der Waals surface area contributed by atoms with E-state index in [0.29, 0.717) is 0 Å². The quantitative estimate of drug-likeness (QED) is 0.734. The van der Waals surface area contributed by atoms with Crippen LogP contribution in [-0.2, 0) is 6.42 Å². The Hall–Kier alpha value is 0.884. The van der Waals surface area contributed by atoms with Gasteiger partial charge in [0.1, 0.15) is 0 Å². The summed E-state index contributed by atoms with van der Waals surface area (Å²) in [4.78, 5) is 0. The molecule has 0 aliphatic carbocycles. The number of aryl methyl sites for hydroxylation is 1. The van der Waals surface area contributed by atoms with Gasteiger partial charge in [0, 0.05) is 36.9 Å². The van der Waals surface area contributed by atoms with Gasteiger partial charge in [-0.15, -0.1) is 9.24 Å². The van der Waals surface area contributed by atoms with Gasteiger partial charge >= 0.3 is 0 Å². The second kappa shape index (κ2) is 6.59. The standard InChI is InChI=1S/C8H11P.Lu/c9-7-6-8-4-2-1-3-5-8;/h1-5H,6-7,9H2;. The van der Waals surface area contributed by atoms with Gasteiger partial charge in [-0.05, 0) is 18.1 Å². The van der Waals surface area contributed by atoms with Crippen molar-refractivity contribution < 1.29 is 36.9 Å². The molecule has 0 spiro atoms. The molecule has 0 nitrogen and oxygen atoms in total. The zero-order valence-electron chi connectivity index (χ0n) is 5.64. The van der Waals surface area contributed by atoms with E-state index in [1.807, 2.05) is 6.07 Å². The Balaban J connectivity index is 0.000000810. The molecule has 0 aliphatic rings. The Morgan fingerprint density at radius 3 is 2.20 bits per heavy atom. The molecule has 0 N–H and O–H groups in total. The normalized spacial score (nSPS) is 8.50. The molecule has 0 fully saturated rings. The van der Waals surface area contributed by atoms with Crippen molar-refractivity contribution in [3.8, 4) is 0 Å². The fourth-order valence-electron chi connectivity index (χ4n) is 0.811. The van der Waals surface area contributed by atoms with Crippen LogP contribution in [0.4, 0.5) is 0 Å². The molecule has 2 heteroatoms. The van der Waals surface area contributed by atoms with Crippen molar-refractivity contribution in [1.82, 2.24) is 0 Å². The summed E-state index contributed by atoms with van der Waals surface area (Å²) in [5.74, 6) is 0. The summed E-state index contributed by atoms with van der Waals surface area (Å²) in [5, 5.41) is 0. The third kappa shape index (κ3) is 3.91. The first-order chi connectivity index (χ1) is 4.43. The summed E-state index contributed by atoms with van der Waals surface area (Å²) in [7, 11) is 2.73. The first kappa shape index (κ1) is 10.9. The second-order valence-corrected chi connectivity index (χ2v) is 2.60. The van der Waals surface area contributed by atoms with Crippen molar-refractivity contribution in [3.05, 3.63) is 35.9 Å². The summed E-state index contributed by atoms with van der Waals surface area (Å²) < 4.78 is 0.